The molecule has 0 aliphatic carbocycles. The molecule has 0 bridgehead atoms. The summed E-state index contributed by atoms with van der Waals surface area (Å²) in [5.41, 5.74) is 7.27. The number of thiophene rings is 1. The highest BCUT2D eigenvalue weighted by Crippen LogP contribution is 2.35. The summed E-state index contributed by atoms with van der Waals surface area (Å²) < 4.78 is 0. The normalized spacial score (nSPS) is 20.8. The molecule has 0 radical (unpaired) electrons. The van der Waals surface area contributed by atoms with Gasteiger partial charge in [-0.15, -0.1) is 11.3 Å². The number of piperazine rings is 1. The van der Waals surface area contributed by atoms with E-state index in [0.717, 1.165) is 30.3 Å². The second-order valence-electron chi connectivity index (χ2n) is 5.51. The smallest absolute Gasteiger partial charge is 0.141 e. The molecule has 0 aromatic carbocycles. The quantitative estimate of drug-likeness (QED) is 0.906. The van der Waals surface area contributed by atoms with Crippen LogP contribution in [-0.2, 0) is 0 Å². The average Bonchev–Trinajstić information content (AvgIpc) is 2.74. The van der Waals surface area contributed by atoms with Crippen LogP contribution in [-0.4, -0.2) is 54.1 Å². The van der Waals surface area contributed by atoms with Crippen LogP contribution in [0, 0.1) is 13.8 Å². The Bertz CT molecular complexity index is 623. The van der Waals surface area contributed by atoms with Crippen molar-refractivity contribution >= 4 is 27.4 Å². The van der Waals surface area contributed by atoms with Crippen molar-refractivity contribution in [2.45, 2.75) is 19.9 Å². The van der Waals surface area contributed by atoms with Gasteiger partial charge < -0.3 is 15.5 Å². The van der Waals surface area contributed by atoms with E-state index < -0.39 is 0 Å². The number of rotatable bonds is 2. The summed E-state index contributed by atoms with van der Waals surface area (Å²) in [4.78, 5) is 16.1. The fourth-order valence-electron chi connectivity index (χ4n) is 2.87. The van der Waals surface area contributed by atoms with Crippen molar-refractivity contribution in [1.29, 1.82) is 0 Å². The molecule has 2 N–H and O–H groups in total. The molecule has 0 saturated carbocycles. The van der Waals surface area contributed by atoms with E-state index in [-0.39, 0.29) is 0 Å². The van der Waals surface area contributed by atoms with Gasteiger partial charge in [0.2, 0.25) is 0 Å². The molecule has 1 saturated heterocycles. The minimum atomic E-state index is 0.325. The molecule has 108 valence electrons. The van der Waals surface area contributed by atoms with Gasteiger partial charge in [-0.25, -0.2) is 9.97 Å². The standard InChI is InChI=1S/C14H21N5S/c1-9-10(2)20-14-12(9)13(16-8-17-14)19-5-4-18(3)7-11(19)6-15/h8,11H,4-7,15H2,1-3H3. The first kappa shape index (κ1) is 13.7. The van der Waals surface area contributed by atoms with E-state index in [1.165, 1.54) is 15.8 Å². The molecule has 5 nitrogen and oxygen atoms in total. The largest absolute Gasteiger partial charge is 0.349 e. The maximum absolute atomic E-state index is 5.97. The molecule has 2 aromatic heterocycles. The van der Waals surface area contributed by atoms with Gasteiger partial charge in [0, 0.05) is 31.1 Å². The lowest BCUT2D eigenvalue weighted by molar-refractivity contribution is 0.269. The van der Waals surface area contributed by atoms with Crippen molar-refractivity contribution in [3.63, 3.8) is 0 Å². The van der Waals surface area contributed by atoms with E-state index in [2.05, 4.69) is 40.7 Å². The molecule has 1 unspecified atom stereocenters. The molecule has 1 aliphatic rings. The van der Waals surface area contributed by atoms with Crippen LogP contribution in [0.4, 0.5) is 5.82 Å². The summed E-state index contributed by atoms with van der Waals surface area (Å²) in [5, 5.41) is 1.21. The van der Waals surface area contributed by atoms with Gasteiger partial charge in [-0.2, -0.15) is 0 Å². The Labute approximate surface area is 123 Å². The Morgan fingerprint density at radius 2 is 2.15 bits per heavy atom. The summed E-state index contributed by atoms with van der Waals surface area (Å²) in [6.07, 6.45) is 1.68. The first-order valence-corrected chi connectivity index (χ1v) is 7.79. The molecule has 0 amide bonds. The van der Waals surface area contributed by atoms with Crippen molar-refractivity contribution in [2.24, 2.45) is 5.73 Å². The fourth-order valence-corrected chi connectivity index (χ4v) is 3.86. The van der Waals surface area contributed by atoms with Gasteiger partial charge in [-0.3, -0.25) is 0 Å². The van der Waals surface area contributed by atoms with E-state index in [1.54, 1.807) is 17.7 Å². The molecule has 1 atom stereocenters. The minimum absolute atomic E-state index is 0.325. The summed E-state index contributed by atoms with van der Waals surface area (Å²) >= 11 is 1.75. The van der Waals surface area contributed by atoms with E-state index in [0.29, 0.717) is 12.6 Å². The predicted molar refractivity (Wildman–Crippen MR) is 84.6 cm³/mol. The second-order valence-corrected chi connectivity index (χ2v) is 6.71. The number of nitrogens with zero attached hydrogens (tertiary/aromatic N) is 4. The first-order chi connectivity index (χ1) is 9.61. The molecule has 1 aliphatic heterocycles. The van der Waals surface area contributed by atoms with Crippen LogP contribution in [0.1, 0.15) is 10.4 Å². The molecule has 3 rings (SSSR count). The summed E-state index contributed by atoms with van der Waals surface area (Å²) in [6.45, 7) is 7.97. The molecular weight excluding hydrogens is 270 g/mol. The average molecular weight is 291 g/mol. The zero-order chi connectivity index (χ0) is 14.3. The molecular formula is C14H21N5S. The Morgan fingerprint density at radius 3 is 2.90 bits per heavy atom. The van der Waals surface area contributed by atoms with Crippen LogP contribution in [0.25, 0.3) is 10.2 Å². The van der Waals surface area contributed by atoms with Gasteiger partial charge in [0.15, 0.2) is 0 Å². The Balaban J connectivity index is 2.09. The zero-order valence-electron chi connectivity index (χ0n) is 12.3. The van der Waals surface area contributed by atoms with Gasteiger partial charge in [0.1, 0.15) is 17.0 Å². The summed E-state index contributed by atoms with van der Waals surface area (Å²) in [7, 11) is 2.15. The number of hydrogen-bond acceptors (Lipinski definition) is 6. The SMILES string of the molecule is Cc1sc2ncnc(N3CCN(C)CC3CN)c2c1C. The molecule has 20 heavy (non-hydrogen) atoms. The van der Waals surface area contributed by atoms with E-state index in [1.807, 2.05) is 0 Å². The van der Waals surface area contributed by atoms with Gasteiger partial charge >= 0.3 is 0 Å². The van der Waals surface area contributed by atoms with Gasteiger partial charge in [-0.05, 0) is 26.5 Å². The maximum atomic E-state index is 5.97. The highest BCUT2D eigenvalue weighted by Gasteiger charge is 2.27. The van der Waals surface area contributed by atoms with E-state index >= 15 is 0 Å². The number of aryl methyl sites for hydroxylation is 2. The molecule has 0 spiro atoms. The third kappa shape index (κ3) is 2.17. The van der Waals surface area contributed by atoms with Crippen molar-refractivity contribution in [3.05, 3.63) is 16.8 Å². The third-order valence-corrected chi connectivity index (χ3v) is 5.29. The Hall–Kier alpha value is -1.24. The summed E-state index contributed by atoms with van der Waals surface area (Å²) in [5.74, 6) is 1.06. The molecule has 1 fully saturated rings. The highest BCUT2D eigenvalue weighted by atomic mass is 32.1. The monoisotopic (exact) mass is 291 g/mol. The lowest BCUT2D eigenvalue weighted by Crippen LogP contribution is -2.55. The van der Waals surface area contributed by atoms with Crippen molar-refractivity contribution in [3.8, 4) is 0 Å². The molecule has 3 heterocycles. The van der Waals surface area contributed by atoms with Crippen LogP contribution in [0.3, 0.4) is 0 Å². The van der Waals surface area contributed by atoms with Crippen LogP contribution in [0.2, 0.25) is 0 Å². The van der Waals surface area contributed by atoms with Crippen LogP contribution in [0.5, 0.6) is 0 Å². The third-order valence-electron chi connectivity index (χ3n) is 4.18. The van der Waals surface area contributed by atoms with Crippen LogP contribution >= 0.6 is 11.3 Å². The minimum Gasteiger partial charge on any atom is -0.349 e. The molecule has 6 heteroatoms. The topological polar surface area (TPSA) is 58.3 Å². The number of nitrogens with two attached hydrogens (primary N) is 1. The van der Waals surface area contributed by atoms with E-state index in [9.17, 15) is 0 Å². The lowest BCUT2D eigenvalue weighted by Gasteiger charge is -2.40. The van der Waals surface area contributed by atoms with Crippen LogP contribution < -0.4 is 10.6 Å². The predicted octanol–water partition coefficient (Wildman–Crippen LogP) is 1.39. The first-order valence-electron chi connectivity index (χ1n) is 6.97. The highest BCUT2D eigenvalue weighted by molar-refractivity contribution is 7.18. The van der Waals surface area contributed by atoms with Crippen LogP contribution in [0.15, 0.2) is 6.33 Å². The van der Waals surface area contributed by atoms with E-state index in [4.69, 9.17) is 5.73 Å². The molecule has 2 aromatic rings. The van der Waals surface area contributed by atoms with Crippen molar-refractivity contribution < 1.29 is 0 Å². The van der Waals surface area contributed by atoms with Gasteiger partial charge in [0.05, 0.1) is 11.4 Å². The maximum Gasteiger partial charge on any atom is 0.141 e. The Morgan fingerprint density at radius 1 is 1.35 bits per heavy atom. The fraction of sp³-hybridized carbons (Fsp3) is 0.571. The van der Waals surface area contributed by atoms with Gasteiger partial charge in [0.25, 0.3) is 0 Å². The number of likely N-dealkylation sites (N-methyl/N-ethyl adjacent to an activating group) is 1. The van der Waals surface area contributed by atoms with Gasteiger partial charge in [-0.1, -0.05) is 0 Å². The number of anilines is 1. The number of hydrogen-bond donors (Lipinski definition) is 1. The zero-order valence-corrected chi connectivity index (χ0v) is 13.1. The number of aromatic nitrogens is 2. The summed E-state index contributed by atoms with van der Waals surface area (Å²) in [6, 6.07) is 0.325. The van der Waals surface area contributed by atoms with Crippen molar-refractivity contribution in [2.75, 3.05) is 38.1 Å². The van der Waals surface area contributed by atoms with Crippen molar-refractivity contribution in [1.82, 2.24) is 14.9 Å². The lowest BCUT2D eigenvalue weighted by atomic mass is 10.1. The number of fused-ring (bicyclic) bond motifs is 1. The Kier molecular flexibility index (Phi) is 3.62. The second kappa shape index (κ2) is 5.27.